The molecule has 4 heteroatoms. The molecule has 0 aliphatic carbocycles. The molecule has 1 aromatic rings. The molecule has 1 fully saturated rings. The summed E-state index contributed by atoms with van der Waals surface area (Å²) in [6.07, 6.45) is 0.253. The van der Waals surface area contributed by atoms with Crippen LogP contribution in [0.1, 0.15) is 5.56 Å². The van der Waals surface area contributed by atoms with Gasteiger partial charge in [-0.25, -0.2) is 0 Å². The average Bonchev–Trinajstić information content (AvgIpc) is 2.30. The second-order valence-corrected chi connectivity index (χ2v) is 5.77. The molecular formula is C12H13BrO2S. The van der Waals surface area contributed by atoms with Gasteiger partial charge in [0.05, 0.1) is 6.61 Å². The minimum absolute atomic E-state index is 0.185. The molecule has 0 saturated carbocycles. The van der Waals surface area contributed by atoms with Gasteiger partial charge in [-0.3, -0.25) is 4.79 Å². The van der Waals surface area contributed by atoms with Crippen LogP contribution < -0.4 is 0 Å². The number of benzene rings is 1. The molecule has 1 atom stereocenters. The van der Waals surface area contributed by atoms with E-state index < -0.39 is 0 Å². The third-order valence-corrected chi connectivity index (χ3v) is 3.93. The van der Waals surface area contributed by atoms with E-state index in [1.54, 1.807) is 11.8 Å². The molecule has 86 valence electrons. The number of carbonyl (C=O) groups excluding carboxylic acids is 1. The highest BCUT2D eigenvalue weighted by molar-refractivity contribution is 9.10. The number of ether oxygens (including phenoxy) is 1. The van der Waals surface area contributed by atoms with Crippen LogP contribution in [0.5, 0.6) is 0 Å². The number of halogens is 1. The second-order valence-electron chi connectivity index (χ2n) is 3.71. The van der Waals surface area contributed by atoms with Gasteiger partial charge in [0.25, 0.3) is 0 Å². The number of thioether (sulfide) groups is 1. The maximum absolute atomic E-state index is 11.9. The van der Waals surface area contributed by atoms with Gasteiger partial charge in [-0.1, -0.05) is 28.1 Å². The first kappa shape index (κ1) is 12.1. The van der Waals surface area contributed by atoms with Crippen LogP contribution in [-0.2, 0) is 16.0 Å². The van der Waals surface area contributed by atoms with E-state index in [9.17, 15) is 4.79 Å². The molecule has 0 radical (unpaired) electrons. The molecule has 1 heterocycles. The van der Waals surface area contributed by atoms with Gasteiger partial charge in [-0.2, -0.15) is 11.8 Å². The first-order chi connectivity index (χ1) is 7.75. The summed E-state index contributed by atoms with van der Waals surface area (Å²) >= 11 is 5.19. The Balaban J connectivity index is 1.96. The lowest BCUT2D eigenvalue weighted by Gasteiger charge is -2.20. The summed E-state index contributed by atoms with van der Waals surface area (Å²) in [5.74, 6) is 1.98. The molecule has 0 spiro atoms. The highest BCUT2D eigenvalue weighted by Crippen LogP contribution is 2.17. The fourth-order valence-electron chi connectivity index (χ4n) is 1.64. The largest absolute Gasteiger partial charge is 0.369 e. The summed E-state index contributed by atoms with van der Waals surface area (Å²) < 4.78 is 6.47. The third-order valence-electron chi connectivity index (χ3n) is 2.44. The highest BCUT2D eigenvalue weighted by atomic mass is 79.9. The number of hydrogen-bond acceptors (Lipinski definition) is 3. The van der Waals surface area contributed by atoms with E-state index in [1.807, 2.05) is 24.3 Å². The van der Waals surface area contributed by atoms with Crippen LogP contribution in [0.4, 0.5) is 0 Å². The molecule has 0 aromatic heterocycles. The maximum atomic E-state index is 11.9. The van der Waals surface area contributed by atoms with E-state index in [2.05, 4.69) is 15.9 Å². The molecular weight excluding hydrogens is 288 g/mol. The highest BCUT2D eigenvalue weighted by Gasteiger charge is 2.22. The van der Waals surface area contributed by atoms with Crippen molar-refractivity contribution in [2.45, 2.75) is 12.5 Å². The minimum Gasteiger partial charge on any atom is -0.369 e. The lowest BCUT2D eigenvalue weighted by molar-refractivity contribution is -0.128. The fourth-order valence-corrected chi connectivity index (χ4v) is 2.96. The van der Waals surface area contributed by atoms with E-state index in [-0.39, 0.29) is 11.9 Å². The Kier molecular flexibility index (Phi) is 4.44. The van der Waals surface area contributed by atoms with Crippen LogP contribution in [0, 0.1) is 0 Å². The number of rotatable bonds is 3. The van der Waals surface area contributed by atoms with Crippen LogP contribution in [0.3, 0.4) is 0 Å². The quantitative estimate of drug-likeness (QED) is 0.858. The van der Waals surface area contributed by atoms with Crippen molar-refractivity contribution in [3.63, 3.8) is 0 Å². The molecule has 2 nitrogen and oxygen atoms in total. The van der Waals surface area contributed by atoms with E-state index in [1.165, 1.54) is 0 Å². The average molecular weight is 301 g/mol. The molecule has 16 heavy (non-hydrogen) atoms. The van der Waals surface area contributed by atoms with E-state index in [0.29, 0.717) is 13.0 Å². The summed E-state index contributed by atoms with van der Waals surface area (Å²) in [6, 6.07) is 7.86. The molecule has 1 aliphatic heterocycles. The SMILES string of the molecule is O=C(Cc1cccc(Br)c1)C1CSCCO1. The standard InChI is InChI=1S/C12H13BrO2S/c13-10-3-1-2-9(6-10)7-11(14)12-8-16-5-4-15-12/h1-3,6,12H,4-5,7-8H2. The van der Waals surface area contributed by atoms with Gasteiger partial charge in [0, 0.05) is 22.4 Å². The lowest BCUT2D eigenvalue weighted by atomic mass is 10.1. The van der Waals surface area contributed by atoms with Crippen molar-refractivity contribution >= 4 is 33.5 Å². The Morgan fingerprint density at radius 2 is 2.44 bits per heavy atom. The van der Waals surface area contributed by atoms with Crippen LogP contribution in [0.15, 0.2) is 28.7 Å². The van der Waals surface area contributed by atoms with Crippen molar-refractivity contribution in [1.29, 1.82) is 0 Å². The summed E-state index contributed by atoms with van der Waals surface area (Å²) in [6.45, 7) is 0.694. The van der Waals surface area contributed by atoms with E-state index in [0.717, 1.165) is 21.5 Å². The summed E-state index contributed by atoms with van der Waals surface area (Å²) in [5, 5.41) is 0. The van der Waals surface area contributed by atoms with Gasteiger partial charge in [-0.15, -0.1) is 0 Å². The normalized spacial score (nSPS) is 20.7. The monoisotopic (exact) mass is 300 g/mol. The second kappa shape index (κ2) is 5.84. The Bertz CT molecular complexity index is 375. The van der Waals surface area contributed by atoms with Crippen LogP contribution in [0.2, 0.25) is 0 Å². The molecule has 0 amide bonds. The predicted molar refractivity (Wildman–Crippen MR) is 69.9 cm³/mol. The van der Waals surface area contributed by atoms with Crippen molar-refractivity contribution < 1.29 is 9.53 Å². The molecule has 2 rings (SSSR count). The number of hydrogen-bond donors (Lipinski definition) is 0. The Morgan fingerprint density at radius 3 is 3.12 bits per heavy atom. The van der Waals surface area contributed by atoms with Gasteiger partial charge < -0.3 is 4.74 Å². The molecule has 1 aliphatic rings. The Morgan fingerprint density at radius 1 is 1.56 bits per heavy atom. The zero-order valence-electron chi connectivity index (χ0n) is 8.82. The van der Waals surface area contributed by atoms with Gasteiger partial charge in [0.2, 0.25) is 0 Å². The van der Waals surface area contributed by atoms with Crippen LogP contribution >= 0.6 is 27.7 Å². The first-order valence-corrected chi connectivity index (χ1v) is 7.17. The lowest BCUT2D eigenvalue weighted by Crippen LogP contribution is -2.32. The van der Waals surface area contributed by atoms with Crippen molar-refractivity contribution in [3.8, 4) is 0 Å². The molecule has 1 unspecified atom stereocenters. The Labute approximate surface area is 108 Å². The zero-order chi connectivity index (χ0) is 11.4. The van der Waals surface area contributed by atoms with E-state index in [4.69, 9.17) is 4.74 Å². The molecule has 1 aromatic carbocycles. The van der Waals surface area contributed by atoms with Crippen molar-refractivity contribution in [2.75, 3.05) is 18.1 Å². The van der Waals surface area contributed by atoms with Gasteiger partial charge in [0.15, 0.2) is 5.78 Å². The number of carbonyl (C=O) groups is 1. The summed E-state index contributed by atoms with van der Waals surface area (Å²) in [5.41, 5.74) is 1.04. The predicted octanol–water partition coefficient (Wildman–Crippen LogP) is 2.69. The summed E-state index contributed by atoms with van der Waals surface area (Å²) in [4.78, 5) is 11.9. The maximum Gasteiger partial charge on any atom is 0.166 e. The van der Waals surface area contributed by atoms with Crippen molar-refractivity contribution in [3.05, 3.63) is 34.3 Å². The Hall–Kier alpha value is -0.320. The van der Waals surface area contributed by atoms with Crippen molar-refractivity contribution in [1.82, 2.24) is 0 Å². The number of ketones is 1. The first-order valence-electron chi connectivity index (χ1n) is 5.22. The summed E-state index contributed by atoms with van der Waals surface area (Å²) in [7, 11) is 0. The zero-order valence-corrected chi connectivity index (χ0v) is 11.2. The molecule has 0 bridgehead atoms. The smallest absolute Gasteiger partial charge is 0.166 e. The van der Waals surface area contributed by atoms with Crippen molar-refractivity contribution in [2.24, 2.45) is 0 Å². The van der Waals surface area contributed by atoms with Gasteiger partial charge in [-0.05, 0) is 17.7 Å². The van der Waals surface area contributed by atoms with Gasteiger partial charge >= 0.3 is 0 Å². The third kappa shape index (κ3) is 3.34. The topological polar surface area (TPSA) is 26.3 Å². The van der Waals surface area contributed by atoms with E-state index >= 15 is 0 Å². The number of Topliss-reactive ketones (excluding diaryl/α,β-unsaturated/α-hetero) is 1. The molecule has 0 N–H and O–H groups in total. The van der Waals surface area contributed by atoms with Crippen LogP contribution in [0.25, 0.3) is 0 Å². The minimum atomic E-state index is -0.210. The van der Waals surface area contributed by atoms with Crippen LogP contribution in [-0.4, -0.2) is 30.0 Å². The fraction of sp³-hybridized carbons (Fsp3) is 0.417. The van der Waals surface area contributed by atoms with Gasteiger partial charge in [0.1, 0.15) is 6.10 Å². The molecule has 1 saturated heterocycles.